The molecule has 0 bridgehead atoms. The van der Waals surface area contributed by atoms with Crippen molar-refractivity contribution in [3.05, 3.63) is 70.1 Å². The maximum Gasteiger partial charge on any atom is 0.416 e. The van der Waals surface area contributed by atoms with Crippen molar-refractivity contribution in [1.82, 2.24) is 34.2 Å². The van der Waals surface area contributed by atoms with Crippen molar-refractivity contribution in [3.8, 4) is 11.4 Å². The lowest BCUT2D eigenvalue weighted by Crippen LogP contribution is -2.48. The van der Waals surface area contributed by atoms with Crippen LogP contribution in [0.4, 0.5) is 13.2 Å². The van der Waals surface area contributed by atoms with Crippen LogP contribution >= 0.6 is 15.9 Å². The summed E-state index contributed by atoms with van der Waals surface area (Å²) in [5.41, 5.74) is 2.19. The van der Waals surface area contributed by atoms with Crippen LogP contribution in [0.5, 0.6) is 0 Å². The number of benzene rings is 1. The first-order valence-corrected chi connectivity index (χ1v) is 12.3. The molecule has 1 fully saturated rings. The minimum Gasteiger partial charge on any atom is -0.335 e. The number of halogens is 4. The van der Waals surface area contributed by atoms with E-state index in [0.717, 1.165) is 17.1 Å². The topological polar surface area (TPSA) is 71.6 Å². The maximum absolute atomic E-state index is 13.2. The molecule has 5 rings (SSSR count). The third kappa shape index (κ3) is 4.87. The number of piperazine rings is 1. The van der Waals surface area contributed by atoms with Crippen LogP contribution in [0.1, 0.15) is 28.5 Å². The van der Waals surface area contributed by atoms with Gasteiger partial charge in [-0.1, -0.05) is 18.2 Å². The number of fused-ring (bicyclic) bond motifs is 1. The minimum atomic E-state index is -4.37. The monoisotopic (exact) mass is 561 g/mol. The third-order valence-electron chi connectivity index (χ3n) is 6.18. The van der Waals surface area contributed by atoms with Crippen molar-refractivity contribution in [1.29, 1.82) is 0 Å². The summed E-state index contributed by atoms with van der Waals surface area (Å²) >= 11 is 3.54. The number of hydrogen-bond donors (Lipinski definition) is 0. The maximum atomic E-state index is 13.2. The summed E-state index contributed by atoms with van der Waals surface area (Å²) < 4.78 is 43.3. The molecule has 0 aliphatic carbocycles. The Morgan fingerprint density at radius 1 is 1.08 bits per heavy atom. The second-order valence-corrected chi connectivity index (χ2v) is 9.43. The molecule has 3 aromatic heterocycles. The van der Waals surface area contributed by atoms with E-state index in [1.165, 1.54) is 12.1 Å². The van der Waals surface area contributed by atoms with E-state index < -0.39 is 11.7 Å². The smallest absolute Gasteiger partial charge is 0.335 e. The summed E-state index contributed by atoms with van der Waals surface area (Å²) in [6, 6.07) is 8.83. The quantitative estimate of drug-likeness (QED) is 0.362. The van der Waals surface area contributed by atoms with Gasteiger partial charge in [0.05, 0.1) is 15.7 Å². The van der Waals surface area contributed by atoms with Gasteiger partial charge in [0.25, 0.3) is 5.91 Å². The molecule has 0 saturated carbocycles. The van der Waals surface area contributed by atoms with Crippen LogP contribution in [0.3, 0.4) is 0 Å². The van der Waals surface area contributed by atoms with Crippen molar-refractivity contribution >= 4 is 27.5 Å². The second kappa shape index (κ2) is 9.66. The fourth-order valence-corrected chi connectivity index (χ4v) is 4.81. The highest BCUT2D eigenvalue weighted by atomic mass is 79.9. The fourth-order valence-electron chi connectivity index (χ4n) is 4.29. The van der Waals surface area contributed by atoms with Gasteiger partial charge in [-0.3, -0.25) is 14.4 Å². The Morgan fingerprint density at radius 3 is 2.56 bits per heavy atom. The molecule has 12 heteroatoms. The van der Waals surface area contributed by atoms with Gasteiger partial charge in [0.2, 0.25) is 0 Å². The summed E-state index contributed by atoms with van der Waals surface area (Å²) in [6.45, 7) is 5.13. The van der Waals surface area contributed by atoms with E-state index in [2.05, 4.69) is 31.1 Å². The molecule has 0 N–H and O–H groups in total. The molecule has 1 aliphatic heterocycles. The van der Waals surface area contributed by atoms with Gasteiger partial charge in [-0.25, -0.2) is 9.50 Å². The Hall–Kier alpha value is -3.25. The number of carbonyl (C=O) groups is 1. The highest BCUT2D eigenvalue weighted by molar-refractivity contribution is 9.10. The molecule has 1 aromatic carbocycles. The highest BCUT2D eigenvalue weighted by Gasteiger charge is 2.31. The molecule has 188 valence electrons. The Labute approximate surface area is 213 Å². The van der Waals surface area contributed by atoms with Crippen LogP contribution in [-0.4, -0.2) is 66.3 Å². The summed E-state index contributed by atoms with van der Waals surface area (Å²) in [4.78, 5) is 21.3. The molecule has 1 aliphatic rings. The van der Waals surface area contributed by atoms with Crippen molar-refractivity contribution in [2.45, 2.75) is 26.2 Å². The lowest BCUT2D eigenvalue weighted by Gasteiger charge is -2.34. The molecule has 0 unspecified atom stereocenters. The van der Waals surface area contributed by atoms with Gasteiger partial charge in [-0.15, -0.1) is 0 Å². The molecule has 4 heterocycles. The number of hydrogen-bond acceptors (Lipinski definition) is 5. The zero-order valence-electron chi connectivity index (χ0n) is 19.4. The van der Waals surface area contributed by atoms with Crippen molar-refractivity contribution in [2.24, 2.45) is 0 Å². The van der Waals surface area contributed by atoms with Crippen LogP contribution in [0.25, 0.3) is 17.0 Å². The normalized spacial score (nSPS) is 15.1. The molecule has 0 radical (unpaired) electrons. The number of nitrogens with zero attached hydrogens (tertiary/aromatic N) is 7. The van der Waals surface area contributed by atoms with Crippen LogP contribution in [0.2, 0.25) is 0 Å². The lowest BCUT2D eigenvalue weighted by molar-refractivity contribution is -0.137. The first kappa shape index (κ1) is 24.4. The first-order chi connectivity index (χ1) is 17.2. The minimum absolute atomic E-state index is 0.205. The number of rotatable bonds is 5. The predicted molar refractivity (Wildman–Crippen MR) is 130 cm³/mol. The standard InChI is InChI=1S/C24H23BrF3N7O/c1-2-34-15-18(25)22(31-34)20-6-7-29-21-13-19(30-35(20)21)23(36)33-10-8-32(9-11-33)14-16-4-3-5-17(12-16)24(26,27)28/h3-7,12-13,15H,2,8-11,14H2,1H3. The third-order valence-corrected chi connectivity index (χ3v) is 6.76. The number of alkyl halides is 3. The van der Waals surface area contributed by atoms with Gasteiger partial charge in [-0.2, -0.15) is 23.4 Å². The van der Waals surface area contributed by atoms with Gasteiger partial charge in [0, 0.05) is 57.7 Å². The van der Waals surface area contributed by atoms with E-state index in [9.17, 15) is 18.0 Å². The van der Waals surface area contributed by atoms with E-state index in [1.807, 2.05) is 18.0 Å². The average molecular weight is 562 g/mol. The largest absolute Gasteiger partial charge is 0.416 e. The van der Waals surface area contributed by atoms with E-state index in [-0.39, 0.29) is 11.6 Å². The zero-order valence-corrected chi connectivity index (χ0v) is 21.0. The van der Waals surface area contributed by atoms with Gasteiger partial charge in [-0.05, 0) is 40.5 Å². The second-order valence-electron chi connectivity index (χ2n) is 8.58. The lowest BCUT2D eigenvalue weighted by atomic mass is 10.1. The molecule has 0 spiro atoms. The summed E-state index contributed by atoms with van der Waals surface area (Å²) in [6.07, 6.45) is -0.823. The number of carbonyl (C=O) groups excluding carboxylic acids is 1. The summed E-state index contributed by atoms with van der Waals surface area (Å²) in [5, 5.41) is 9.10. The van der Waals surface area contributed by atoms with Crippen LogP contribution in [0, 0.1) is 0 Å². The van der Waals surface area contributed by atoms with Gasteiger partial charge in [0.1, 0.15) is 5.69 Å². The Morgan fingerprint density at radius 2 is 1.86 bits per heavy atom. The van der Waals surface area contributed by atoms with Crippen molar-refractivity contribution in [3.63, 3.8) is 0 Å². The molecular formula is C24H23BrF3N7O. The number of aryl methyl sites for hydroxylation is 1. The van der Waals surface area contributed by atoms with E-state index >= 15 is 0 Å². The molecule has 1 amide bonds. The van der Waals surface area contributed by atoms with Gasteiger partial charge < -0.3 is 4.90 Å². The van der Waals surface area contributed by atoms with Gasteiger partial charge >= 0.3 is 6.18 Å². The molecule has 8 nitrogen and oxygen atoms in total. The van der Waals surface area contributed by atoms with E-state index in [1.54, 1.807) is 38.5 Å². The van der Waals surface area contributed by atoms with Crippen molar-refractivity contribution < 1.29 is 18.0 Å². The summed E-state index contributed by atoms with van der Waals surface area (Å²) in [7, 11) is 0. The fraction of sp³-hybridized carbons (Fsp3) is 0.333. The Kier molecular flexibility index (Phi) is 6.56. The molecule has 4 aromatic rings. The van der Waals surface area contributed by atoms with Crippen LogP contribution < -0.4 is 0 Å². The zero-order chi connectivity index (χ0) is 25.4. The number of aromatic nitrogens is 5. The number of amides is 1. The van der Waals surface area contributed by atoms with Crippen LogP contribution in [0.15, 0.2) is 53.3 Å². The Bertz CT molecular complexity index is 1410. The average Bonchev–Trinajstić information content (AvgIpc) is 3.47. The van der Waals surface area contributed by atoms with E-state index in [4.69, 9.17) is 0 Å². The highest BCUT2D eigenvalue weighted by Crippen LogP contribution is 2.30. The molecular weight excluding hydrogens is 539 g/mol. The van der Waals surface area contributed by atoms with Crippen LogP contribution in [-0.2, 0) is 19.3 Å². The molecule has 0 atom stereocenters. The van der Waals surface area contributed by atoms with Crippen molar-refractivity contribution in [2.75, 3.05) is 26.2 Å². The Balaban J connectivity index is 1.28. The molecule has 36 heavy (non-hydrogen) atoms. The molecule has 1 saturated heterocycles. The predicted octanol–water partition coefficient (Wildman–Crippen LogP) is 4.35. The summed E-state index contributed by atoms with van der Waals surface area (Å²) in [5.74, 6) is -0.205. The van der Waals surface area contributed by atoms with E-state index in [0.29, 0.717) is 55.3 Å². The van der Waals surface area contributed by atoms with Gasteiger partial charge in [0.15, 0.2) is 11.3 Å². The first-order valence-electron chi connectivity index (χ1n) is 11.5. The SMILES string of the molecule is CCn1cc(Br)c(-c2ccnc3cc(C(=O)N4CCN(Cc5cccc(C(F)(F)F)c5)CC4)nn23)n1.